The second kappa shape index (κ2) is 4.72. The van der Waals surface area contributed by atoms with E-state index in [-0.39, 0.29) is 6.04 Å². The summed E-state index contributed by atoms with van der Waals surface area (Å²) in [6, 6.07) is -0.191. The monoisotopic (exact) mass is 213 g/mol. The molecule has 1 atom stereocenters. The van der Waals surface area contributed by atoms with Gasteiger partial charge < -0.3 is 15.0 Å². The molecule has 0 amide bonds. The van der Waals surface area contributed by atoms with Crippen LogP contribution in [0.3, 0.4) is 0 Å². The molecule has 5 nitrogen and oxygen atoms in total. The summed E-state index contributed by atoms with van der Waals surface area (Å²) in [5.41, 5.74) is 5.26. The van der Waals surface area contributed by atoms with Gasteiger partial charge in [0.15, 0.2) is 0 Å². The van der Waals surface area contributed by atoms with Gasteiger partial charge in [0, 0.05) is 6.61 Å². The van der Waals surface area contributed by atoms with Crippen molar-refractivity contribution in [2.24, 2.45) is 5.73 Å². The third-order valence-corrected chi connectivity index (χ3v) is 2.24. The van der Waals surface area contributed by atoms with Crippen molar-refractivity contribution in [2.45, 2.75) is 45.8 Å². The quantitative estimate of drug-likeness (QED) is 0.806. The lowest BCUT2D eigenvalue weighted by Crippen LogP contribution is -2.23. The van der Waals surface area contributed by atoms with E-state index in [0.29, 0.717) is 18.3 Å². The smallest absolute Gasteiger partial charge is 0.243 e. The van der Waals surface area contributed by atoms with Crippen LogP contribution in [0.15, 0.2) is 4.52 Å². The molecule has 2 N–H and O–H groups in total. The molecule has 0 unspecified atom stereocenters. The average Bonchev–Trinajstić information content (AvgIpc) is 2.66. The molecule has 0 aliphatic carbocycles. The Kier molecular flexibility index (Phi) is 3.82. The van der Waals surface area contributed by atoms with Crippen LogP contribution >= 0.6 is 0 Å². The topological polar surface area (TPSA) is 74.2 Å². The molecule has 0 radical (unpaired) electrons. The van der Waals surface area contributed by atoms with Gasteiger partial charge in [0.2, 0.25) is 11.7 Å². The molecular formula is C10H19N3O2. The van der Waals surface area contributed by atoms with Crippen molar-refractivity contribution in [2.75, 3.05) is 6.61 Å². The fourth-order valence-corrected chi connectivity index (χ4v) is 1.23. The third-order valence-electron chi connectivity index (χ3n) is 2.24. The fourth-order valence-electron chi connectivity index (χ4n) is 1.23. The Bertz CT molecular complexity index is 309. The zero-order chi connectivity index (χ0) is 11.5. The van der Waals surface area contributed by atoms with Gasteiger partial charge in [-0.25, -0.2) is 0 Å². The average molecular weight is 213 g/mol. The van der Waals surface area contributed by atoms with E-state index in [1.165, 1.54) is 0 Å². The summed E-state index contributed by atoms with van der Waals surface area (Å²) < 4.78 is 10.6. The number of hydrogen-bond donors (Lipinski definition) is 1. The first-order chi connectivity index (χ1) is 7.01. The number of nitrogens with zero attached hydrogens (tertiary/aromatic N) is 2. The highest BCUT2D eigenvalue weighted by atomic mass is 16.5. The first kappa shape index (κ1) is 12.1. The summed E-state index contributed by atoms with van der Waals surface area (Å²) >= 11 is 0. The van der Waals surface area contributed by atoms with E-state index in [1.54, 1.807) is 0 Å². The number of ether oxygens (including phenoxy) is 1. The maximum atomic E-state index is 5.79. The lowest BCUT2D eigenvalue weighted by atomic mass is 10.1. The molecule has 0 bridgehead atoms. The Labute approximate surface area is 90.0 Å². The maximum absolute atomic E-state index is 5.79. The Morgan fingerprint density at radius 1 is 1.47 bits per heavy atom. The van der Waals surface area contributed by atoms with E-state index < -0.39 is 5.60 Å². The zero-order valence-electron chi connectivity index (χ0n) is 9.78. The highest BCUT2D eigenvalue weighted by molar-refractivity contribution is 4.99. The van der Waals surface area contributed by atoms with Gasteiger partial charge in [0.05, 0.1) is 6.04 Å². The molecule has 1 rings (SSSR count). The molecule has 5 heteroatoms. The molecule has 0 fully saturated rings. The van der Waals surface area contributed by atoms with Crippen LogP contribution in [0.2, 0.25) is 0 Å². The molecule has 0 saturated heterocycles. The van der Waals surface area contributed by atoms with Crippen molar-refractivity contribution in [1.29, 1.82) is 0 Å². The van der Waals surface area contributed by atoms with Gasteiger partial charge in [0.25, 0.3) is 0 Å². The van der Waals surface area contributed by atoms with Crippen LogP contribution in [0.25, 0.3) is 0 Å². The van der Waals surface area contributed by atoms with Crippen LogP contribution in [0.5, 0.6) is 0 Å². The molecule has 0 saturated carbocycles. The summed E-state index contributed by atoms with van der Waals surface area (Å²) in [4.78, 5) is 4.24. The van der Waals surface area contributed by atoms with E-state index in [1.807, 2.05) is 27.7 Å². The van der Waals surface area contributed by atoms with E-state index in [4.69, 9.17) is 15.0 Å². The molecule has 1 heterocycles. The summed E-state index contributed by atoms with van der Waals surface area (Å²) in [5.74, 6) is 1.02. The van der Waals surface area contributed by atoms with Crippen molar-refractivity contribution < 1.29 is 9.26 Å². The van der Waals surface area contributed by atoms with Gasteiger partial charge in [-0.2, -0.15) is 4.98 Å². The lowest BCUT2D eigenvalue weighted by molar-refractivity contribution is -0.0221. The van der Waals surface area contributed by atoms with Gasteiger partial charge in [0.1, 0.15) is 5.60 Å². The molecule has 0 aliphatic heterocycles. The van der Waals surface area contributed by atoms with E-state index in [9.17, 15) is 0 Å². The van der Waals surface area contributed by atoms with E-state index >= 15 is 0 Å². The van der Waals surface area contributed by atoms with E-state index in [0.717, 1.165) is 6.42 Å². The van der Waals surface area contributed by atoms with Crippen LogP contribution in [-0.2, 0) is 10.3 Å². The molecule has 1 aromatic rings. The number of nitrogens with two attached hydrogens (primary N) is 1. The Balaban J connectivity index is 2.83. The zero-order valence-corrected chi connectivity index (χ0v) is 9.78. The van der Waals surface area contributed by atoms with Gasteiger partial charge >= 0.3 is 0 Å². The Morgan fingerprint density at radius 3 is 2.67 bits per heavy atom. The predicted octanol–water partition coefficient (Wildman–Crippen LogP) is 1.75. The fraction of sp³-hybridized carbons (Fsp3) is 0.800. The second-order valence-corrected chi connectivity index (χ2v) is 3.91. The standard InChI is InChI=1S/C10H19N3O2/c1-5-7(11)8-12-9(13-15-8)10(3,4)14-6-2/h7H,5-6,11H2,1-4H3/t7-/m0/s1. The summed E-state index contributed by atoms with van der Waals surface area (Å²) in [6.45, 7) is 8.32. The number of aromatic nitrogens is 2. The minimum absolute atomic E-state index is 0.191. The number of hydrogen-bond acceptors (Lipinski definition) is 5. The molecule has 0 aromatic carbocycles. The van der Waals surface area contributed by atoms with Crippen molar-refractivity contribution in [1.82, 2.24) is 10.1 Å². The SMILES string of the molecule is CCOC(C)(C)c1noc([C@@H](N)CC)n1. The maximum Gasteiger partial charge on any atom is 0.243 e. The van der Waals surface area contributed by atoms with E-state index in [2.05, 4.69) is 10.1 Å². The van der Waals surface area contributed by atoms with Crippen LogP contribution in [0.4, 0.5) is 0 Å². The van der Waals surface area contributed by atoms with Crippen LogP contribution in [0, 0.1) is 0 Å². The molecular weight excluding hydrogens is 194 g/mol. The molecule has 0 spiro atoms. The number of rotatable bonds is 5. The van der Waals surface area contributed by atoms with Crippen LogP contribution < -0.4 is 5.73 Å². The Hall–Kier alpha value is -0.940. The first-order valence-corrected chi connectivity index (χ1v) is 5.24. The third kappa shape index (κ3) is 2.76. The van der Waals surface area contributed by atoms with Crippen molar-refractivity contribution in [3.63, 3.8) is 0 Å². The summed E-state index contributed by atoms with van der Waals surface area (Å²) in [5, 5.41) is 3.88. The van der Waals surface area contributed by atoms with Crippen molar-refractivity contribution in [3.05, 3.63) is 11.7 Å². The van der Waals surface area contributed by atoms with Gasteiger partial charge in [-0.1, -0.05) is 12.1 Å². The molecule has 0 aliphatic rings. The van der Waals surface area contributed by atoms with Crippen LogP contribution in [0.1, 0.15) is 51.9 Å². The normalized spacial score (nSPS) is 14.2. The largest absolute Gasteiger partial charge is 0.368 e. The molecule has 1 aromatic heterocycles. The summed E-state index contributed by atoms with van der Waals surface area (Å²) in [7, 11) is 0. The highest BCUT2D eigenvalue weighted by Crippen LogP contribution is 2.23. The van der Waals surface area contributed by atoms with Gasteiger partial charge in [-0.05, 0) is 27.2 Å². The first-order valence-electron chi connectivity index (χ1n) is 5.24. The lowest BCUT2D eigenvalue weighted by Gasteiger charge is -2.19. The van der Waals surface area contributed by atoms with Crippen LogP contribution in [-0.4, -0.2) is 16.7 Å². The van der Waals surface area contributed by atoms with Crippen molar-refractivity contribution >= 4 is 0 Å². The van der Waals surface area contributed by atoms with Gasteiger partial charge in [-0.15, -0.1) is 0 Å². The second-order valence-electron chi connectivity index (χ2n) is 3.91. The Morgan fingerprint density at radius 2 is 2.13 bits per heavy atom. The molecule has 86 valence electrons. The van der Waals surface area contributed by atoms with Crippen molar-refractivity contribution in [3.8, 4) is 0 Å². The minimum Gasteiger partial charge on any atom is -0.368 e. The predicted molar refractivity (Wildman–Crippen MR) is 56.2 cm³/mol. The minimum atomic E-state index is -0.524. The highest BCUT2D eigenvalue weighted by Gasteiger charge is 2.28. The summed E-state index contributed by atoms with van der Waals surface area (Å²) in [6.07, 6.45) is 0.775. The van der Waals surface area contributed by atoms with Gasteiger partial charge in [-0.3, -0.25) is 0 Å². The molecule has 15 heavy (non-hydrogen) atoms.